The van der Waals surface area contributed by atoms with E-state index in [1.807, 2.05) is 0 Å². The van der Waals surface area contributed by atoms with Gasteiger partial charge in [0.05, 0.1) is 11.0 Å². The van der Waals surface area contributed by atoms with Crippen LogP contribution >= 0.6 is 0 Å². The molecule has 53 heavy (non-hydrogen) atoms. The van der Waals surface area contributed by atoms with Crippen LogP contribution in [-0.2, 0) is 5.41 Å². The number of hydrogen-bond acceptors (Lipinski definition) is 1. The Morgan fingerprint density at radius 1 is 0.509 bits per heavy atom. The second-order valence-corrected chi connectivity index (χ2v) is 15.0. The lowest BCUT2D eigenvalue weighted by Crippen LogP contribution is -2.28. The summed E-state index contributed by atoms with van der Waals surface area (Å²) in [5.41, 5.74) is 16.6. The Labute approximate surface area is 311 Å². The van der Waals surface area contributed by atoms with Gasteiger partial charge in [0.1, 0.15) is 0 Å². The third-order valence-electron chi connectivity index (χ3n) is 11.7. The van der Waals surface area contributed by atoms with Gasteiger partial charge in [-0.15, -0.1) is 0 Å². The Morgan fingerprint density at radius 3 is 1.89 bits per heavy atom. The van der Waals surface area contributed by atoms with Crippen molar-refractivity contribution in [1.29, 1.82) is 0 Å². The first-order chi connectivity index (χ1) is 26.0. The number of anilines is 2. The standard InChI is InChI=1S/C51H40N2/c1-51(2)47-19-11-9-17-43(47)44-31-30-42(34-48(44)51)52(39-15-7-4-8-16-39)40-26-23-37(24-27-40)38-25-32-50-46(33-38)45-18-10-12-20-49(45)53(50)41-28-21-36(22-29-41)35-13-5-3-6-14-35/h3-33,48H,34H2,1-2H3. The Hall–Kier alpha value is -6.38. The zero-order valence-electron chi connectivity index (χ0n) is 30.1. The van der Waals surface area contributed by atoms with Gasteiger partial charge in [-0.25, -0.2) is 0 Å². The van der Waals surface area contributed by atoms with Crippen molar-refractivity contribution in [2.75, 3.05) is 4.90 Å². The monoisotopic (exact) mass is 680 g/mol. The van der Waals surface area contributed by atoms with Crippen molar-refractivity contribution in [1.82, 2.24) is 4.57 Å². The lowest BCUT2D eigenvalue weighted by atomic mass is 9.74. The minimum Gasteiger partial charge on any atom is -0.314 e. The molecule has 2 aliphatic carbocycles. The summed E-state index contributed by atoms with van der Waals surface area (Å²) >= 11 is 0. The van der Waals surface area contributed by atoms with E-state index in [9.17, 15) is 0 Å². The number of rotatable bonds is 6. The number of hydrogen-bond donors (Lipinski definition) is 0. The van der Waals surface area contributed by atoms with Crippen LogP contribution in [0.4, 0.5) is 11.4 Å². The van der Waals surface area contributed by atoms with E-state index in [1.54, 1.807) is 0 Å². The van der Waals surface area contributed by atoms with E-state index >= 15 is 0 Å². The SMILES string of the molecule is CC1(C)c2ccccc2C2=CC=C(N(c3ccccc3)c3ccc(-c4ccc5c(c4)c4ccccc4n5-c4ccc(-c5ccccc5)cc4)cc3)CC21. The van der Waals surface area contributed by atoms with Crippen LogP contribution in [-0.4, -0.2) is 4.57 Å². The Balaban J connectivity index is 1.01. The van der Waals surface area contributed by atoms with E-state index in [0.717, 1.165) is 12.1 Å². The highest BCUT2D eigenvalue weighted by Gasteiger charge is 2.44. The molecule has 7 aromatic carbocycles. The third kappa shape index (κ3) is 5.17. The van der Waals surface area contributed by atoms with Crippen molar-refractivity contribution in [3.05, 3.63) is 205 Å². The van der Waals surface area contributed by atoms with Gasteiger partial charge in [-0.05, 0) is 117 Å². The predicted octanol–water partition coefficient (Wildman–Crippen LogP) is 13.5. The molecule has 0 bridgehead atoms. The number of nitrogens with zero attached hydrogens (tertiary/aromatic N) is 2. The van der Waals surface area contributed by atoms with E-state index in [2.05, 4.69) is 211 Å². The fourth-order valence-corrected chi connectivity index (χ4v) is 8.99. The molecule has 2 heteroatoms. The van der Waals surface area contributed by atoms with Crippen LogP contribution in [0.15, 0.2) is 194 Å². The molecule has 0 N–H and O–H groups in total. The van der Waals surface area contributed by atoms with Crippen LogP contribution < -0.4 is 4.90 Å². The summed E-state index contributed by atoms with van der Waals surface area (Å²) in [6, 6.07) is 64.2. The Morgan fingerprint density at radius 2 is 1.09 bits per heavy atom. The Kier molecular flexibility index (Phi) is 7.33. The summed E-state index contributed by atoms with van der Waals surface area (Å²) in [5, 5.41) is 2.52. The molecular weight excluding hydrogens is 641 g/mol. The molecule has 1 atom stereocenters. The Bertz CT molecular complexity index is 2690. The van der Waals surface area contributed by atoms with Gasteiger partial charge < -0.3 is 9.47 Å². The summed E-state index contributed by atoms with van der Waals surface area (Å²) in [5.74, 6) is 0.432. The van der Waals surface area contributed by atoms with Crippen molar-refractivity contribution in [3.63, 3.8) is 0 Å². The van der Waals surface area contributed by atoms with E-state index in [0.29, 0.717) is 5.92 Å². The molecule has 10 rings (SSSR count). The normalized spacial score (nSPS) is 15.8. The van der Waals surface area contributed by atoms with Gasteiger partial charge in [0.2, 0.25) is 0 Å². The summed E-state index contributed by atoms with van der Waals surface area (Å²) in [6.07, 6.45) is 5.72. The van der Waals surface area contributed by atoms with Gasteiger partial charge in [0, 0.05) is 33.5 Å². The van der Waals surface area contributed by atoms with Crippen LogP contribution in [0.5, 0.6) is 0 Å². The molecular formula is C51H40N2. The van der Waals surface area contributed by atoms with Gasteiger partial charge in [0.25, 0.3) is 0 Å². The van der Waals surface area contributed by atoms with Gasteiger partial charge in [-0.3, -0.25) is 0 Å². The fraction of sp³-hybridized carbons (Fsp3) is 0.0980. The molecule has 2 nitrogen and oxygen atoms in total. The lowest BCUT2D eigenvalue weighted by Gasteiger charge is -2.36. The van der Waals surface area contributed by atoms with Crippen LogP contribution in [0.25, 0.3) is 55.3 Å². The molecule has 1 aromatic heterocycles. The summed E-state index contributed by atoms with van der Waals surface area (Å²) in [7, 11) is 0. The number of aromatic nitrogens is 1. The zero-order valence-corrected chi connectivity index (χ0v) is 30.1. The van der Waals surface area contributed by atoms with Gasteiger partial charge in [-0.2, -0.15) is 0 Å². The van der Waals surface area contributed by atoms with E-state index in [1.165, 1.54) is 77.8 Å². The number of allylic oxidation sites excluding steroid dienone is 4. The maximum absolute atomic E-state index is 2.45. The van der Waals surface area contributed by atoms with E-state index in [4.69, 9.17) is 0 Å². The van der Waals surface area contributed by atoms with Crippen molar-refractivity contribution in [2.45, 2.75) is 25.7 Å². The minimum absolute atomic E-state index is 0.0710. The van der Waals surface area contributed by atoms with Crippen LogP contribution in [0.2, 0.25) is 0 Å². The molecule has 254 valence electrons. The van der Waals surface area contributed by atoms with Gasteiger partial charge >= 0.3 is 0 Å². The molecule has 0 spiro atoms. The molecule has 8 aromatic rings. The molecule has 0 saturated heterocycles. The molecule has 0 radical (unpaired) electrons. The van der Waals surface area contributed by atoms with Crippen molar-refractivity contribution < 1.29 is 0 Å². The smallest absolute Gasteiger partial charge is 0.0541 e. The quantitative estimate of drug-likeness (QED) is 0.170. The predicted molar refractivity (Wildman–Crippen MR) is 224 cm³/mol. The van der Waals surface area contributed by atoms with Crippen LogP contribution in [0, 0.1) is 5.92 Å². The molecule has 0 amide bonds. The van der Waals surface area contributed by atoms with Crippen LogP contribution in [0.1, 0.15) is 31.4 Å². The van der Waals surface area contributed by atoms with E-state index in [-0.39, 0.29) is 5.41 Å². The number of benzene rings is 7. The van der Waals surface area contributed by atoms with Gasteiger partial charge in [-0.1, -0.05) is 141 Å². The van der Waals surface area contributed by atoms with Crippen molar-refractivity contribution in [2.24, 2.45) is 5.92 Å². The fourth-order valence-electron chi connectivity index (χ4n) is 8.99. The van der Waals surface area contributed by atoms with E-state index < -0.39 is 0 Å². The third-order valence-corrected chi connectivity index (χ3v) is 11.7. The largest absolute Gasteiger partial charge is 0.314 e. The lowest BCUT2D eigenvalue weighted by molar-refractivity contribution is 0.406. The maximum atomic E-state index is 2.45. The highest BCUT2D eigenvalue weighted by atomic mass is 15.1. The first-order valence-electron chi connectivity index (χ1n) is 18.7. The average molecular weight is 681 g/mol. The summed E-state index contributed by atoms with van der Waals surface area (Å²) in [4.78, 5) is 2.45. The first kappa shape index (κ1) is 31.4. The van der Waals surface area contributed by atoms with Crippen LogP contribution in [0.3, 0.4) is 0 Å². The van der Waals surface area contributed by atoms with Crippen molar-refractivity contribution >= 4 is 38.8 Å². The number of fused-ring (bicyclic) bond motifs is 6. The highest BCUT2D eigenvalue weighted by Crippen LogP contribution is 2.54. The second kappa shape index (κ2) is 12.4. The molecule has 1 unspecified atom stereocenters. The molecule has 0 saturated carbocycles. The minimum atomic E-state index is 0.0710. The first-order valence-corrected chi connectivity index (χ1v) is 18.7. The molecule has 2 aliphatic rings. The highest BCUT2D eigenvalue weighted by molar-refractivity contribution is 6.10. The van der Waals surface area contributed by atoms with Crippen molar-refractivity contribution in [3.8, 4) is 27.9 Å². The summed E-state index contributed by atoms with van der Waals surface area (Å²) in [6.45, 7) is 4.83. The average Bonchev–Trinajstić information content (AvgIpc) is 3.67. The summed E-state index contributed by atoms with van der Waals surface area (Å²) < 4.78 is 2.39. The maximum Gasteiger partial charge on any atom is 0.0541 e. The molecule has 0 fully saturated rings. The molecule has 0 aliphatic heterocycles. The zero-order chi connectivity index (χ0) is 35.5. The molecule has 1 heterocycles. The van der Waals surface area contributed by atoms with Gasteiger partial charge in [0.15, 0.2) is 0 Å². The topological polar surface area (TPSA) is 8.17 Å². The second-order valence-electron chi connectivity index (χ2n) is 15.0. The number of para-hydroxylation sites is 2.